The number of hydrogen-bond acceptors (Lipinski definition) is 5. The number of rotatable bonds is 5. The minimum atomic E-state index is -0.615. The molecule has 1 spiro atoms. The van der Waals surface area contributed by atoms with Gasteiger partial charge in [-0.15, -0.1) is 0 Å². The van der Waals surface area contributed by atoms with E-state index in [9.17, 15) is 0 Å². The molecule has 2 aliphatic rings. The van der Waals surface area contributed by atoms with Gasteiger partial charge in [-0.25, -0.2) is 15.0 Å². The Morgan fingerprint density at radius 2 is 0.732 bits per heavy atom. The highest BCUT2D eigenvalue weighted by atomic mass is 16.5. The molecule has 0 saturated carbocycles. The summed E-state index contributed by atoms with van der Waals surface area (Å²) < 4.78 is 7.30. The standard InChI is InChI=1S/C51H32N4O/c1-3-14-34(15-4-1)48-53-49(35-16-5-2-6-17-35)55-50(54-48)37-19-11-18-36(32-37)39-23-13-27-45-47(39)56-46-38(33-28-30-52-31-29-33)22-12-26-44(46)51(45)42-24-9-7-20-40(42)41-21-8-10-25-43(41)51/h1-32H. The number of hydrogen-bond donors (Lipinski definition) is 0. The molecule has 0 radical (unpaired) electrons. The summed E-state index contributed by atoms with van der Waals surface area (Å²) in [6, 6.07) is 63.5. The summed E-state index contributed by atoms with van der Waals surface area (Å²) in [5.41, 5.74) is 13.4. The monoisotopic (exact) mass is 716 g/mol. The Hall–Kier alpha value is -7.50. The first-order chi connectivity index (χ1) is 27.8. The van der Waals surface area contributed by atoms with Crippen molar-refractivity contribution in [3.63, 3.8) is 0 Å². The molecular weight excluding hydrogens is 685 g/mol. The van der Waals surface area contributed by atoms with Crippen molar-refractivity contribution in [3.05, 3.63) is 217 Å². The quantitative estimate of drug-likeness (QED) is 0.177. The van der Waals surface area contributed by atoms with Crippen molar-refractivity contribution in [1.82, 2.24) is 19.9 Å². The van der Waals surface area contributed by atoms with Crippen LogP contribution in [0.4, 0.5) is 0 Å². The van der Waals surface area contributed by atoms with Crippen LogP contribution in [0, 0.1) is 0 Å². The van der Waals surface area contributed by atoms with E-state index < -0.39 is 5.41 Å². The van der Waals surface area contributed by atoms with E-state index in [1.807, 2.05) is 73.1 Å². The van der Waals surface area contributed by atoms with Gasteiger partial charge in [0.05, 0.1) is 5.41 Å². The molecule has 7 aromatic carbocycles. The zero-order valence-electron chi connectivity index (χ0n) is 30.2. The van der Waals surface area contributed by atoms with Gasteiger partial charge in [0.2, 0.25) is 0 Å². The van der Waals surface area contributed by atoms with Crippen LogP contribution in [0.5, 0.6) is 11.5 Å². The third-order valence-electron chi connectivity index (χ3n) is 11.1. The summed E-state index contributed by atoms with van der Waals surface area (Å²) in [5.74, 6) is 3.53. The number of fused-ring (bicyclic) bond motifs is 9. The van der Waals surface area contributed by atoms with Gasteiger partial charge in [0.1, 0.15) is 11.5 Å². The largest absolute Gasteiger partial charge is 0.455 e. The Morgan fingerprint density at radius 1 is 0.321 bits per heavy atom. The number of benzene rings is 7. The van der Waals surface area contributed by atoms with E-state index >= 15 is 0 Å². The molecular formula is C51H32N4O. The second-order valence-corrected chi connectivity index (χ2v) is 14.2. The summed E-state index contributed by atoms with van der Waals surface area (Å²) in [7, 11) is 0. The zero-order valence-corrected chi connectivity index (χ0v) is 30.2. The lowest BCUT2D eigenvalue weighted by Crippen LogP contribution is -2.32. The van der Waals surface area contributed by atoms with Gasteiger partial charge < -0.3 is 4.74 Å². The fourth-order valence-electron chi connectivity index (χ4n) is 8.70. The number of para-hydroxylation sites is 2. The summed E-state index contributed by atoms with van der Waals surface area (Å²) >= 11 is 0. The van der Waals surface area contributed by atoms with E-state index in [0.29, 0.717) is 17.5 Å². The molecule has 262 valence electrons. The van der Waals surface area contributed by atoms with E-state index in [0.717, 1.165) is 61.6 Å². The summed E-state index contributed by atoms with van der Waals surface area (Å²) in [4.78, 5) is 19.3. The topological polar surface area (TPSA) is 60.8 Å². The van der Waals surface area contributed by atoms with Crippen molar-refractivity contribution < 1.29 is 4.74 Å². The average Bonchev–Trinajstić information content (AvgIpc) is 3.57. The maximum absolute atomic E-state index is 7.30. The zero-order chi connectivity index (χ0) is 37.1. The van der Waals surface area contributed by atoms with Crippen molar-refractivity contribution in [3.8, 4) is 79.0 Å². The molecule has 0 amide bonds. The van der Waals surface area contributed by atoms with E-state index in [2.05, 4.69) is 126 Å². The van der Waals surface area contributed by atoms with Crippen LogP contribution in [-0.4, -0.2) is 19.9 Å². The molecule has 0 atom stereocenters. The maximum atomic E-state index is 7.30. The van der Waals surface area contributed by atoms with Crippen molar-refractivity contribution in [2.75, 3.05) is 0 Å². The fraction of sp³-hybridized carbons (Fsp3) is 0.0196. The van der Waals surface area contributed by atoms with Gasteiger partial charge in [0.15, 0.2) is 17.5 Å². The molecule has 3 heterocycles. The first-order valence-corrected chi connectivity index (χ1v) is 18.8. The highest BCUT2D eigenvalue weighted by molar-refractivity contribution is 5.92. The van der Waals surface area contributed by atoms with Crippen LogP contribution in [0.2, 0.25) is 0 Å². The molecule has 5 heteroatoms. The van der Waals surface area contributed by atoms with Crippen LogP contribution in [0.1, 0.15) is 22.3 Å². The lowest BCUT2D eigenvalue weighted by atomic mass is 9.65. The number of ether oxygens (including phenoxy) is 1. The lowest BCUT2D eigenvalue weighted by molar-refractivity contribution is 0.440. The maximum Gasteiger partial charge on any atom is 0.164 e. The van der Waals surface area contributed by atoms with Gasteiger partial charge >= 0.3 is 0 Å². The van der Waals surface area contributed by atoms with Gasteiger partial charge in [-0.05, 0) is 51.6 Å². The minimum absolute atomic E-state index is 0.603. The molecule has 0 unspecified atom stereocenters. The van der Waals surface area contributed by atoms with Crippen LogP contribution >= 0.6 is 0 Å². The molecule has 5 nitrogen and oxygen atoms in total. The average molecular weight is 717 g/mol. The van der Waals surface area contributed by atoms with Crippen molar-refractivity contribution in [2.45, 2.75) is 5.41 Å². The van der Waals surface area contributed by atoms with Gasteiger partial charge in [0, 0.05) is 51.3 Å². The number of nitrogens with zero attached hydrogens (tertiary/aromatic N) is 4. The first-order valence-electron chi connectivity index (χ1n) is 18.8. The van der Waals surface area contributed by atoms with E-state index in [4.69, 9.17) is 19.7 Å². The number of pyridine rings is 1. The Bertz CT molecular complexity index is 2840. The second-order valence-electron chi connectivity index (χ2n) is 14.2. The van der Waals surface area contributed by atoms with Gasteiger partial charge in [-0.3, -0.25) is 4.98 Å². The molecule has 0 bridgehead atoms. The number of aromatic nitrogens is 4. The predicted octanol–water partition coefficient (Wildman–Crippen LogP) is 12.1. The normalized spacial score (nSPS) is 12.9. The lowest BCUT2D eigenvalue weighted by Gasteiger charge is -2.40. The molecule has 2 aromatic heterocycles. The predicted molar refractivity (Wildman–Crippen MR) is 222 cm³/mol. The van der Waals surface area contributed by atoms with Crippen LogP contribution < -0.4 is 4.74 Å². The van der Waals surface area contributed by atoms with Gasteiger partial charge in [-0.2, -0.15) is 0 Å². The van der Waals surface area contributed by atoms with Crippen molar-refractivity contribution in [2.24, 2.45) is 0 Å². The Morgan fingerprint density at radius 3 is 1.30 bits per heavy atom. The Labute approximate surface area is 324 Å². The third-order valence-corrected chi connectivity index (χ3v) is 11.1. The van der Waals surface area contributed by atoms with Gasteiger partial charge in [0.25, 0.3) is 0 Å². The molecule has 9 aromatic rings. The van der Waals surface area contributed by atoms with Crippen LogP contribution in [0.25, 0.3) is 67.5 Å². The molecule has 1 aliphatic heterocycles. The smallest absolute Gasteiger partial charge is 0.164 e. The third kappa shape index (κ3) is 4.88. The van der Waals surface area contributed by atoms with Crippen LogP contribution in [-0.2, 0) is 5.41 Å². The van der Waals surface area contributed by atoms with Gasteiger partial charge in [-0.1, -0.05) is 164 Å². The van der Waals surface area contributed by atoms with Crippen molar-refractivity contribution >= 4 is 0 Å². The molecule has 1 aliphatic carbocycles. The Kier molecular flexibility index (Phi) is 7.32. The highest BCUT2D eigenvalue weighted by Crippen LogP contribution is 2.64. The Balaban J connectivity index is 1.15. The highest BCUT2D eigenvalue weighted by Gasteiger charge is 2.51. The summed E-state index contributed by atoms with van der Waals surface area (Å²) in [5, 5.41) is 0. The second kappa shape index (κ2) is 12.8. The SMILES string of the molecule is c1ccc(-c2nc(-c3ccccc3)nc(-c3cccc(-c4cccc5c4Oc4c(-c6ccncc6)cccc4C54c5ccccc5-c5ccccc54)c3)n2)cc1. The van der Waals surface area contributed by atoms with Crippen LogP contribution in [0.15, 0.2) is 194 Å². The summed E-state index contributed by atoms with van der Waals surface area (Å²) in [6.45, 7) is 0. The first kappa shape index (κ1) is 32.0. The molecule has 56 heavy (non-hydrogen) atoms. The fourth-order valence-corrected chi connectivity index (χ4v) is 8.70. The van der Waals surface area contributed by atoms with Crippen LogP contribution in [0.3, 0.4) is 0 Å². The molecule has 0 fully saturated rings. The van der Waals surface area contributed by atoms with E-state index in [1.165, 1.54) is 22.3 Å². The van der Waals surface area contributed by atoms with E-state index in [1.54, 1.807) is 0 Å². The molecule has 0 N–H and O–H groups in total. The minimum Gasteiger partial charge on any atom is -0.455 e. The van der Waals surface area contributed by atoms with E-state index in [-0.39, 0.29) is 0 Å². The molecule has 0 saturated heterocycles. The summed E-state index contributed by atoms with van der Waals surface area (Å²) in [6.07, 6.45) is 3.68. The molecule has 11 rings (SSSR count). The van der Waals surface area contributed by atoms with Crippen molar-refractivity contribution in [1.29, 1.82) is 0 Å².